The zero-order valence-electron chi connectivity index (χ0n) is 34.7. The van der Waals surface area contributed by atoms with Gasteiger partial charge in [0.15, 0.2) is 0 Å². The molecular formula is C46H30Br2Cl2N10O8. The number of nitrogens with one attached hydrogen (secondary N) is 4. The van der Waals surface area contributed by atoms with Crippen LogP contribution >= 0.6 is 55.1 Å². The van der Waals surface area contributed by atoms with E-state index < -0.39 is 11.5 Å². The summed E-state index contributed by atoms with van der Waals surface area (Å²) in [5.41, 5.74) is 15.5. The highest BCUT2D eigenvalue weighted by Gasteiger charge is 2.18. The normalized spacial score (nSPS) is 10.9. The number of nitrogens with zero attached hydrogens (tertiary/aromatic N) is 4. The third-order valence-corrected chi connectivity index (χ3v) is 11.3. The summed E-state index contributed by atoms with van der Waals surface area (Å²) in [7, 11) is 0. The van der Waals surface area contributed by atoms with Gasteiger partial charge in [-0.3, -0.25) is 19.2 Å². The Hall–Kier alpha value is -7.91. The molecule has 0 bridgehead atoms. The van der Waals surface area contributed by atoms with Crippen molar-refractivity contribution in [3.05, 3.63) is 160 Å². The number of fused-ring (bicyclic) bond motifs is 6. The number of benzene rings is 4. The maximum absolute atomic E-state index is 12.6. The molecule has 0 spiro atoms. The summed E-state index contributed by atoms with van der Waals surface area (Å²) in [6.07, 6.45) is 2.78. The van der Waals surface area contributed by atoms with E-state index in [1.54, 1.807) is 54.6 Å². The summed E-state index contributed by atoms with van der Waals surface area (Å²) in [5.74, 6) is -0.539. The van der Waals surface area contributed by atoms with Crippen molar-refractivity contribution in [3.63, 3.8) is 0 Å². The van der Waals surface area contributed by atoms with Crippen LogP contribution in [-0.4, -0.2) is 52.8 Å². The number of nitrogen functional groups attached to an aromatic ring is 2. The molecule has 6 aromatic heterocycles. The lowest BCUT2D eigenvalue weighted by Crippen LogP contribution is -2.12. The zero-order valence-corrected chi connectivity index (χ0v) is 39.3. The lowest BCUT2D eigenvalue weighted by molar-refractivity contribution is -0.114. The first-order valence-corrected chi connectivity index (χ1v) is 21.9. The van der Waals surface area contributed by atoms with Crippen LogP contribution in [0.2, 0.25) is 10.0 Å². The van der Waals surface area contributed by atoms with Crippen LogP contribution in [0.15, 0.2) is 137 Å². The number of aromatic nitrogens is 6. The van der Waals surface area contributed by atoms with Gasteiger partial charge in [-0.1, -0.05) is 55.1 Å². The van der Waals surface area contributed by atoms with E-state index in [1.165, 1.54) is 37.5 Å². The summed E-state index contributed by atoms with van der Waals surface area (Å²) >= 11 is 19.5. The standard InChI is InChI=1S/C22H13BrClN5O3.C16H9BrClN3O2.C8H8N2O3/c23-11-1-4-16-14(8-11)18-19(32-16)22(31)29-20(28-18)13-3-2-12(9-15(13)24)27-21(30)10-5-6-26-17(25)7-10;17-7-1-4-12-10(5-7)13-14(23-12)16(22)21-15(20-13)9-3-2-8(19)6-11(9)18;1-5(11)10-7-4-6(8(12)13)2-3-9-7/h1-9H,(H2,25,26)(H,27,30)(H,28,29,31);1-6H,19H2,(H,20,21,22);2-4H,1H3,(H,12,13)(H,9,10,11). The maximum Gasteiger partial charge on any atom is 0.335 e. The van der Waals surface area contributed by atoms with E-state index in [1.807, 2.05) is 24.3 Å². The SMILES string of the molecule is CC(=O)Nc1cc(C(=O)O)ccn1.Nc1cc(C(=O)Nc2ccc(-c3nc4c(oc5ccc(Br)cc54)c(=O)[nH]3)c(Cl)c2)ccn1.Nc1ccc(-c2nc3c(oc4ccc(Br)cc43)c(=O)[nH]2)c(Cl)c1. The minimum absolute atomic E-state index is 0.0961. The Morgan fingerprint density at radius 3 is 1.74 bits per heavy atom. The van der Waals surface area contributed by atoms with E-state index in [9.17, 15) is 24.0 Å². The highest BCUT2D eigenvalue weighted by Crippen LogP contribution is 2.34. The number of nitrogens with two attached hydrogens (primary N) is 2. The second-order valence-electron chi connectivity index (χ2n) is 14.4. The number of amides is 2. The second-order valence-corrected chi connectivity index (χ2v) is 17.1. The van der Waals surface area contributed by atoms with Gasteiger partial charge >= 0.3 is 5.97 Å². The number of aromatic carboxylic acids is 1. The molecule has 0 atom stereocenters. The Morgan fingerprint density at radius 1 is 0.662 bits per heavy atom. The fourth-order valence-electron chi connectivity index (χ4n) is 6.62. The van der Waals surface area contributed by atoms with Crippen molar-refractivity contribution in [2.24, 2.45) is 0 Å². The molecule has 4 aromatic carbocycles. The fraction of sp³-hybridized carbons (Fsp3) is 0.0217. The third kappa shape index (κ3) is 10.2. The first-order chi connectivity index (χ1) is 32.5. The first-order valence-electron chi connectivity index (χ1n) is 19.6. The number of carboxylic acids is 1. The van der Waals surface area contributed by atoms with Crippen LogP contribution in [0.4, 0.5) is 23.0 Å². The van der Waals surface area contributed by atoms with Gasteiger partial charge in [-0.2, -0.15) is 0 Å². The van der Waals surface area contributed by atoms with Crippen molar-refractivity contribution < 1.29 is 28.3 Å². The minimum Gasteiger partial charge on any atom is -0.478 e. The molecule has 6 heterocycles. The lowest BCUT2D eigenvalue weighted by Gasteiger charge is -2.09. The Kier molecular flexibility index (Phi) is 13.4. The molecule has 340 valence electrons. The summed E-state index contributed by atoms with van der Waals surface area (Å²) in [6, 6.07) is 26.6. The Morgan fingerprint density at radius 2 is 1.21 bits per heavy atom. The third-order valence-electron chi connectivity index (χ3n) is 9.66. The van der Waals surface area contributed by atoms with Crippen molar-refractivity contribution in [3.8, 4) is 22.8 Å². The lowest BCUT2D eigenvalue weighted by atomic mass is 10.1. The van der Waals surface area contributed by atoms with Gasteiger partial charge in [0.25, 0.3) is 17.0 Å². The second kappa shape index (κ2) is 19.5. The molecule has 0 aliphatic rings. The number of furan rings is 2. The fourth-order valence-corrected chi connectivity index (χ4v) is 7.89. The van der Waals surface area contributed by atoms with Gasteiger partial charge in [-0.15, -0.1) is 0 Å². The van der Waals surface area contributed by atoms with Gasteiger partial charge in [0.1, 0.15) is 45.5 Å². The molecule has 0 radical (unpaired) electrons. The van der Waals surface area contributed by atoms with Crippen molar-refractivity contribution in [2.45, 2.75) is 6.92 Å². The predicted octanol–water partition coefficient (Wildman–Crippen LogP) is 10.1. The van der Waals surface area contributed by atoms with E-state index in [4.69, 9.17) is 48.6 Å². The first kappa shape index (κ1) is 46.6. The largest absolute Gasteiger partial charge is 0.478 e. The monoisotopic (exact) mass is 1080 g/mol. The molecule has 0 unspecified atom stereocenters. The van der Waals surface area contributed by atoms with Crippen molar-refractivity contribution in [1.29, 1.82) is 0 Å². The molecule has 2 amide bonds. The molecule has 10 rings (SSSR count). The summed E-state index contributed by atoms with van der Waals surface area (Å²) < 4.78 is 13.0. The average Bonchev–Trinajstić information content (AvgIpc) is 3.85. The number of carbonyl (C=O) groups excluding carboxylic acids is 2. The van der Waals surface area contributed by atoms with Gasteiger partial charge in [-0.25, -0.2) is 24.7 Å². The van der Waals surface area contributed by atoms with E-state index >= 15 is 0 Å². The molecule has 0 aliphatic heterocycles. The quantitative estimate of drug-likeness (QED) is 0.0763. The number of pyridine rings is 2. The van der Waals surface area contributed by atoms with Gasteiger partial charge in [0.05, 0.1) is 15.6 Å². The molecule has 22 heteroatoms. The van der Waals surface area contributed by atoms with Gasteiger partial charge in [0.2, 0.25) is 17.1 Å². The molecular weight excluding hydrogens is 1050 g/mol. The number of aromatic amines is 2. The number of H-pyrrole nitrogens is 2. The van der Waals surface area contributed by atoms with E-state index in [0.717, 1.165) is 14.3 Å². The van der Waals surface area contributed by atoms with Crippen LogP contribution in [0.3, 0.4) is 0 Å². The van der Waals surface area contributed by atoms with Crippen LogP contribution in [-0.2, 0) is 4.79 Å². The molecule has 10 aromatic rings. The summed E-state index contributed by atoms with van der Waals surface area (Å²) in [6.45, 7) is 1.33. The van der Waals surface area contributed by atoms with E-state index in [-0.39, 0.29) is 51.6 Å². The highest BCUT2D eigenvalue weighted by molar-refractivity contribution is 9.10. The number of hydrogen-bond donors (Lipinski definition) is 7. The van der Waals surface area contributed by atoms with Gasteiger partial charge < -0.3 is 46.0 Å². The van der Waals surface area contributed by atoms with Crippen LogP contribution in [0.25, 0.3) is 66.9 Å². The van der Waals surface area contributed by atoms with E-state index in [2.05, 4.69) is 72.4 Å². The number of halogens is 4. The minimum atomic E-state index is -1.05. The van der Waals surface area contributed by atoms with Gasteiger partial charge in [-0.05, 0) is 97.1 Å². The Bertz CT molecular complexity index is 3780. The smallest absolute Gasteiger partial charge is 0.335 e. The molecule has 9 N–H and O–H groups in total. The number of hydrogen-bond acceptors (Lipinski definition) is 13. The average molecular weight is 1080 g/mol. The maximum atomic E-state index is 12.6. The van der Waals surface area contributed by atoms with Crippen molar-refractivity contribution in [2.75, 3.05) is 22.1 Å². The van der Waals surface area contributed by atoms with Crippen LogP contribution in [0.5, 0.6) is 0 Å². The molecule has 0 aliphatic carbocycles. The van der Waals surface area contributed by atoms with Crippen LogP contribution in [0, 0.1) is 0 Å². The topological polar surface area (TPSA) is 291 Å². The molecule has 0 saturated heterocycles. The summed E-state index contributed by atoms with van der Waals surface area (Å²) in [5, 5.41) is 15.9. The van der Waals surface area contributed by atoms with Crippen LogP contribution < -0.4 is 33.2 Å². The number of anilines is 4. The zero-order chi connectivity index (χ0) is 48.4. The summed E-state index contributed by atoms with van der Waals surface area (Å²) in [4.78, 5) is 80.6. The molecule has 0 fully saturated rings. The molecule has 68 heavy (non-hydrogen) atoms. The highest BCUT2D eigenvalue weighted by atomic mass is 79.9. The van der Waals surface area contributed by atoms with Crippen LogP contribution in [0.1, 0.15) is 27.6 Å². The predicted molar refractivity (Wildman–Crippen MR) is 267 cm³/mol. The Labute approximate surface area is 408 Å². The molecule has 18 nitrogen and oxygen atoms in total. The number of rotatable bonds is 6. The van der Waals surface area contributed by atoms with E-state index in [0.29, 0.717) is 71.5 Å². The van der Waals surface area contributed by atoms with Gasteiger partial charge in [0, 0.05) is 67.1 Å². The van der Waals surface area contributed by atoms with Crippen molar-refractivity contribution in [1.82, 2.24) is 29.9 Å². The molecule has 0 saturated carbocycles. The Balaban J connectivity index is 0.000000151. The number of carboxylic acid groups (broad SMARTS) is 1. The number of carbonyl (C=O) groups is 3. The van der Waals surface area contributed by atoms with Crippen molar-refractivity contribution >= 4 is 140 Å².